The molecule has 9 heavy (non-hydrogen) atoms. The Balaban J connectivity index is 2.30. The molecule has 1 aromatic rings. The topological polar surface area (TPSA) is 41.6 Å². The fourth-order valence-corrected chi connectivity index (χ4v) is 1.00. The summed E-state index contributed by atoms with van der Waals surface area (Å²) in [6.45, 7) is 3.70. The second-order valence-electron chi connectivity index (χ2n) is 1.48. The van der Waals surface area contributed by atoms with Gasteiger partial charge in [0.05, 0.1) is 0 Å². The SMILES string of the molecule is [CH2]CCSc1nc[nH]n1. The Hall–Kier alpha value is -0.510. The summed E-state index contributed by atoms with van der Waals surface area (Å²) < 4.78 is 0. The molecular formula is C5H8N3S. The van der Waals surface area contributed by atoms with E-state index < -0.39 is 0 Å². The third kappa shape index (κ3) is 2.05. The highest BCUT2D eigenvalue weighted by molar-refractivity contribution is 7.99. The van der Waals surface area contributed by atoms with Gasteiger partial charge in [0.25, 0.3) is 0 Å². The van der Waals surface area contributed by atoms with E-state index in [-0.39, 0.29) is 0 Å². The zero-order chi connectivity index (χ0) is 6.53. The van der Waals surface area contributed by atoms with Crippen molar-refractivity contribution in [3.8, 4) is 0 Å². The normalized spacial score (nSPS) is 9.89. The number of thioether (sulfide) groups is 1. The molecule has 0 amide bonds. The van der Waals surface area contributed by atoms with E-state index in [4.69, 9.17) is 0 Å². The average Bonchev–Trinajstić information content (AvgIpc) is 2.34. The molecule has 49 valence electrons. The van der Waals surface area contributed by atoms with Gasteiger partial charge in [0, 0.05) is 5.75 Å². The van der Waals surface area contributed by atoms with Crippen molar-refractivity contribution >= 4 is 11.8 Å². The van der Waals surface area contributed by atoms with Crippen LogP contribution in [0, 0.1) is 6.92 Å². The molecule has 0 aliphatic heterocycles. The number of rotatable bonds is 3. The molecule has 0 bridgehead atoms. The van der Waals surface area contributed by atoms with Gasteiger partial charge in [0.1, 0.15) is 6.33 Å². The molecule has 4 heteroatoms. The lowest BCUT2D eigenvalue weighted by molar-refractivity contribution is 0.971. The molecule has 1 radical (unpaired) electrons. The monoisotopic (exact) mass is 142 g/mol. The molecule has 0 saturated heterocycles. The van der Waals surface area contributed by atoms with Crippen molar-refractivity contribution in [2.75, 3.05) is 5.75 Å². The second kappa shape index (κ2) is 3.50. The number of aromatic amines is 1. The maximum Gasteiger partial charge on any atom is 0.208 e. The van der Waals surface area contributed by atoms with Crippen molar-refractivity contribution in [3.63, 3.8) is 0 Å². The van der Waals surface area contributed by atoms with E-state index in [2.05, 4.69) is 22.1 Å². The highest BCUT2D eigenvalue weighted by Gasteiger charge is 1.92. The van der Waals surface area contributed by atoms with E-state index in [1.807, 2.05) is 0 Å². The number of H-pyrrole nitrogens is 1. The van der Waals surface area contributed by atoms with E-state index in [1.54, 1.807) is 18.1 Å². The van der Waals surface area contributed by atoms with E-state index in [1.165, 1.54) is 0 Å². The Morgan fingerprint density at radius 1 is 1.78 bits per heavy atom. The summed E-state index contributed by atoms with van der Waals surface area (Å²) in [6.07, 6.45) is 2.49. The molecule has 3 nitrogen and oxygen atoms in total. The van der Waals surface area contributed by atoms with Gasteiger partial charge in [-0.1, -0.05) is 18.7 Å². The summed E-state index contributed by atoms with van der Waals surface area (Å²) in [4.78, 5) is 3.92. The minimum atomic E-state index is 0.804. The van der Waals surface area contributed by atoms with Crippen LogP contribution >= 0.6 is 11.8 Å². The number of aromatic nitrogens is 3. The first-order valence-electron chi connectivity index (χ1n) is 2.71. The molecule has 0 unspecified atom stereocenters. The number of nitrogens with zero attached hydrogens (tertiary/aromatic N) is 2. The van der Waals surface area contributed by atoms with E-state index >= 15 is 0 Å². The average molecular weight is 142 g/mol. The van der Waals surface area contributed by atoms with Crippen LogP contribution < -0.4 is 0 Å². The quantitative estimate of drug-likeness (QED) is 0.643. The summed E-state index contributed by atoms with van der Waals surface area (Å²) in [6, 6.07) is 0. The Morgan fingerprint density at radius 2 is 2.67 bits per heavy atom. The van der Waals surface area contributed by atoms with Crippen molar-refractivity contribution < 1.29 is 0 Å². The Kier molecular flexibility index (Phi) is 2.57. The molecule has 1 rings (SSSR count). The van der Waals surface area contributed by atoms with Crippen LogP contribution in [0.15, 0.2) is 11.5 Å². The van der Waals surface area contributed by atoms with Gasteiger partial charge in [-0.25, -0.2) is 4.98 Å². The number of hydrogen-bond donors (Lipinski definition) is 1. The molecular weight excluding hydrogens is 134 g/mol. The third-order valence-corrected chi connectivity index (χ3v) is 1.72. The zero-order valence-corrected chi connectivity index (χ0v) is 5.82. The van der Waals surface area contributed by atoms with Crippen LogP contribution in [0.1, 0.15) is 6.42 Å². The van der Waals surface area contributed by atoms with E-state index in [0.717, 1.165) is 17.3 Å². The lowest BCUT2D eigenvalue weighted by atomic mass is 10.6. The molecule has 0 saturated carbocycles. The predicted molar refractivity (Wildman–Crippen MR) is 37.1 cm³/mol. The van der Waals surface area contributed by atoms with Gasteiger partial charge < -0.3 is 0 Å². The summed E-state index contributed by atoms with van der Waals surface area (Å²) in [7, 11) is 0. The van der Waals surface area contributed by atoms with Gasteiger partial charge >= 0.3 is 0 Å². The fourth-order valence-electron chi connectivity index (χ4n) is 0.430. The summed E-state index contributed by atoms with van der Waals surface area (Å²) in [5, 5.41) is 7.29. The molecule has 0 fully saturated rings. The molecule has 0 aromatic carbocycles. The van der Waals surface area contributed by atoms with Gasteiger partial charge in [-0.2, -0.15) is 0 Å². The van der Waals surface area contributed by atoms with Gasteiger partial charge in [-0.05, 0) is 6.42 Å². The first-order valence-corrected chi connectivity index (χ1v) is 3.70. The Labute approximate surface area is 58.3 Å². The van der Waals surface area contributed by atoms with Crippen LogP contribution in [0.2, 0.25) is 0 Å². The largest absolute Gasteiger partial charge is 0.265 e. The predicted octanol–water partition coefficient (Wildman–Crippen LogP) is 1.12. The fraction of sp³-hybridized carbons (Fsp3) is 0.400. The summed E-state index contributed by atoms with van der Waals surface area (Å²) in [5.41, 5.74) is 0. The van der Waals surface area contributed by atoms with Crippen LogP contribution in [0.5, 0.6) is 0 Å². The van der Waals surface area contributed by atoms with Crippen LogP contribution in [0.25, 0.3) is 0 Å². The maximum absolute atomic E-state index is 3.92. The molecule has 1 N–H and O–H groups in total. The first kappa shape index (κ1) is 6.61. The van der Waals surface area contributed by atoms with Crippen LogP contribution in [0.4, 0.5) is 0 Å². The lowest BCUT2D eigenvalue weighted by Gasteiger charge is -1.87. The summed E-state index contributed by atoms with van der Waals surface area (Å²) >= 11 is 1.61. The molecule has 0 spiro atoms. The van der Waals surface area contributed by atoms with E-state index in [0.29, 0.717) is 0 Å². The molecule has 0 aliphatic rings. The molecule has 1 heterocycles. The van der Waals surface area contributed by atoms with Gasteiger partial charge in [-0.15, -0.1) is 5.10 Å². The Bertz CT molecular complexity index is 149. The standard InChI is InChI=1S/C5H8N3S/c1-2-3-9-5-6-4-7-8-5/h4H,1-3H2,(H,6,7,8). The lowest BCUT2D eigenvalue weighted by Crippen LogP contribution is -1.77. The highest BCUT2D eigenvalue weighted by atomic mass is 32.2. The van der Waals surface area contributed by atoms with Crippen molar-refractivity contribution in [3.05, 3.63) is 13.3 Å². The van der Waals surface area contributed by atoms with Crippen molar-refractivity contribution in [2.24, 2.45) is 0 Å². The highest BCUT2D eigenvalue weighted by Crippen LogP contribution is 2.10. The van der Waals surface area contributed by atoms with Crippen LogP contribution in [0.3, 0.4) is 0 Å². The zero-order valence-electron chi connectivity index (χ0n) is 5.00. The molecule has 0 aliphatic carbocycles. The molecule has 1 aromatic heterocycles. The van der Waals surface area contributed by atoms with E-state index in [9.17, 15) is 0 Å². The van der Waals surface area contributed by atoms with Crippen LogP contribution in [-0.4, -0.2) is 20.9 Å². The smallest absolute Gasteiger partial charge is 0.208 e. The summed E-state index contributed by atoms with van der Waals surface area (Å²) in [5.74, 6) is 0.984. The maximum atomic E-state index is 3.92. The second-order valence-corrected chi connectivity index (χ2v) is 2.55. The van der Waals surface area contributed by atoms with Crippen molar-refractivity contribution in [1.29, 1.82) is 0 Å². The first-order chi connectivity index (χ1) is 4.43. The number of hydrogen-bond acceptors (Lipinski definition) is 3. The Morgan fingerprint density at radius 3 is 3.22 bits per heavy atom. The van der Waals surface area contributed by atoms with Gasteiger partial charge in [0.15, 0.2) is 0 Å². The minimum Gasteiger partial charge on any atom is -0.265 e. The van der Waals surface area contributed by atoms with Crippen LogP contribution in [-0.2, 0) is 0 Å². The van der Waals surface area contributed by atoms with Crippen molar-refractivity contribution in [2.45, 2.75) is 11.6 Å². The van der Waals surface area contributed by atoms with Gasteiger partial charge in [0.2, 0.25) is 5.16 Å². The number of nitrogens with one attached hydrogen (secondary N) is 1. The molecule has 0 atom stereocenters. The van der Waals surface area contributed by atoms with Crippen molar-refractivity contribution in [1.82, 2.24) is 15.2 Å². The minimum absolute atomic E-state index is 0.804. The third-order valence-electron chi connectivity index (χ3n) is 0.768. The van der Waals surface area contributed by atoms with Gasteiger partial charge in [-0.3, -0.25) is 5.10 Å².